The summed E-state index contributed by atoms with van der Waals surface area (Å²) in [5, 5.41) is 3.86. The Balaban J connectivity index is 1.99. The fourth-order valence-electron chi connectivity index (χ4n) is 3.93. The van der Waals surface area contributed by atoms with Gasteiger partial charge in [-0.15, -0.1) is 0 Å². The lowest BCUT2D eigenvalue weighted by molar-refractivity contribution is 0.205. The summed E-state index contributed by atoms with van der Waals surface area (Å²) in [6, 6.07) is 1.61. The Morgan fingerprint density at radius 3 is 2.73 bits per heavy atom. The van der Waals surface area contributed by atoms with Gasteiger partial charge in [-0.2, -0.15) is 0 Å². The second kappa shape index (κ2) is 4.86. The third-order valence-electron chi connectivity index (χ3n) is 4.81. The summed E-state index contributed by atoms with van der Waals surface area (Å²) in [5.41, 5.74) is 0. The summed E-state index contributed by atoms with van der Waals surface area (Å²) in [6.07, 6.45) is 8.64. The summed E-state index contributed by atoms with van der Waals surface area (Å²) in [5.74, 6) is 2.88. The van der Waals surface area contributed by atoms with E-state index in [0.29, 0.717) is 0 Å². The van der Waals surface area contributed by atoms with Crippen LogP contribution in [-0.4, -0.2) is 12.1 Å². The summed E-state index contributed by atoms with van der Waals surface area (Å²) in [7, 11) is 0. The Morgan fingerprint density at radius 1 is 1.20 bits per heavy atom. The number of unbranched alkanes of at least 4 members (excludes halogenated alkanes) is 1. The largest absolute Gasteiger partial charge is 0.311 e. The minimum atomic E-state index is 0.770. The minimum absolute atomic E-state index is 0.770. The molecule has 1 N–H and O–H groups in total. The maximum atomic E-state index is 3.86. The van der Waals surface area contributed by atoms with Crippen molar-refractivity contribution in [1.29, 1.82) is 0 Å². The number of rotatable bonds is 3. The van der Waals surface area contributed by atoms with Crippen LogP contribution in [0.15, 0.2) is 0 Å². The zero-order valence-electron chi connectivity index (χ0n) is 10.6. The predicted molar refractivity (Wildman–Crippen MR) is 65.9 cm³/mol. The van der Waals surface area contributed by atoms with E-state index in [4.69, 9.17) is 0 Å². The fourth-order valence-corrected chi connectivity index (χ4v) is 3.93. The van der Waals surface area contributed by atoms with Gasteiger partial charge in [0, 0.05) is 12.1 Å². The van der Waals surface area contributed by atoms with Gasteiger partial charge < -0.3 is 5.32 Å². The van der Waals surface area contributed by atoms with E-state index in [2.05, 4.69) is 26.1 Å². The van der Waals surface area contributed by atoms with Gasteiger partial charge in [0.15, 0.2) is 0 Å². The number of hydrogen-bond donors (Lipinski definition) is 1. The molecule has 0 aromatic heterocycles. The summed E-state index contributed by atoms with van der Waals surface area (Å²) in [4.78, 5) is 0. The molecule has 5 atom stereocenters. The SMILES string of the molecule is CCCCC1C(C)N[C@H]2C1CCC[C@@H]2C. The van der Waals surface area contributed by atoms with Crippen LogP contribution in [0.3, 0.4) is 0 Å². The monoisotopic (exact) mass is 209 g/mol. The molecule has 88 valence electrons. The number of hydrogen-bond acceptors (Lipinski definition) is 1. The van der Waals surface area contributed by atoms with Gasteiger partial charge >= 0.3 is 0 Å². The highest BCUT2D eigenvalue weighted by molar-refractivity contribution is 4.99. The normalized spacial score (nSPS) is 45.4. The smallest absolute Gasteiger partial charge is 0.0127 e. The molecule has 2 fully saturated rings. The number of nitrogens with one attached hydrogen (secondary N) is 1. The van der Waals surface area contributed by atoms with Gasteiger partial charge in [-0.1, -0.05) is 33.1 Å². The highest BCUT2D eigenvalue weighted by Crippen LogP contribution is 2.42. The molecule has 2 aliphatic rings. The Kier molecular flexibility index (Phi) is 3.71. The Labute approximate surface area is 95.0 Å². The van der Waals surface area contributed by atoms with Crippen LogP contribution in [0, 0.1) is 17.8 Å². The molecule has 3 unspecified atom stereocenters. The van der Waals surface area contributed by atoms with Gasteiger partial charge in [0.05, 0.1) is 0 Å². The van der Waals surface area contributed by atoms with E-state index in [1.807, 2.05) is 0 Å². The van der Waals surface area contributed by atoms with Gasteiger partial charge in [-0.25, -0.2) is 0 Å². The molecule has 0 radical (unpaired) electrons. The van der Waals surface area contributed by atoms with Crippen LogP contribution in [0.1, 0.15) is 59.3 Å². The first kappa shape index (κ1) is 11.4. The van der Waals surface area contributed by atoms with Crippen LogP contribution in [0.2, 0.25) is 0 Å². The van der Waals surface area contributed by atoms with Crippen molar-refractivity contribution in [2.45, 2.75) is 71.4 Å². The molecule has 1 heterocycles. The van der Waals surface area contributed by atoms with Crippen molar-refractivity contribution in [2.24, 2.45) is 17.8 Å². The zero-order valence-corrected chi connectivity index (χ0v) is 10.6. The topological polar surface area (TPSA) is 12.0 Å². The van der Waals surface area contributed by atoms with Gasteiger partial charge in [-0.05, 0) is 43.9 Å². The molecule has 1 nitrogen and oxygen atoms in total. The molecule has 2 rings (SSSR count). The highest BCUT2D eigenvalue weighted by Gasteiger charge is 2.43. The molecule has 1 aliphatic carbocycles. The standard InChI is InChI=1S/C14H27N/c1-4-5-8-12-11(3)15-14-10(2)7-6-9-13(12)14/h10-15H,4-9H2,1-3H3/t10-,11?,12?,13?,14+/m0/s1. The molecule has 15 heavy (non-hydrogen) atoms. The van der Waals surface area contributed by atoms with Crippen molar-refractivity contribution in [1.82, 2.24) is 5.32 Å². The van der Waals surface area contributed by atoms with Crippen LogP contribution in [0.25, 0.3) is 0 Å². The van der Waals surface area contributed by atoms with Crippen LogP contribution in [-0.2, 0) is 0 Å². The Bertz CT molecular complexity index is 202. The molecule has 1 saturated heterocycles. The van der Waals surface area contributed by atoms with Gasteiger partial charge in [0.1, 0.15) is 0 Å². The molecule has 0 amide bonds. The van der Waals surface area contributed by atoms with Crippen LogP contribution in [0.4, 0.5) is 0 Å². The molecule has 0 aromatic rings. The molecule has 0 spiro atoms. The van der Waals surface area contributed by atoms with Crippen molar-refractivity contribution in [3.8, 4) is 0 Å². The minimum Gasteiger partial charge on any atom is -0.311 e. The third kappa shape index (κ3) is 2.22. The second-order valence-electron chi connectivity index (χ2n) is 5.86. The number of fused-ring (bicyclic) bond motifs is 1. The molecule has 0 bridgehead atoms. The molecule has 0 aromatic carbocycles. The second-order valence-corrected chi connectivity index (χ2v) is 5.86. The van der Waals surface area contributed by atoms with Crippen LogP contribution < -0.4 is 5.32 Å². The zero-order chi connectivity index (χ0) is 10.8. The van der Waals surface area contributed by atoms with E-state index in [0.717, 1.165) is 29.8 Å². The van der Waals surface area contributed by atoms with Gasteiger partial charge in [-0.3, -0.25) is 0 Å². The molecular formula is C14H27N. The average Bonchev–Trinajstić information content (AvgIpc) is 2.54. The van der Waals surface area contributed by atoms with E-state index < -0.39 is 0 Å². The van der Waals surface area contributed by atoms with Crippen molar-refractivity contribution >= 4 is 0 Å². The van der Waals surface area contributed by atoms with Crippen LogP contribution >= 0.6 is 0 Å². The Morgan fingerprint density at radius 2 is 2.00 bits per heavy atom. The molecule has 1 saturated carbocycles. The summed E-state index contributed by atoms with van der Waals surface area (Å²) in [6.45, 7) is 7.16. The first-order valence-corrected chi connectivity index (χ1v) is 7.00. The summed E-state index contributed by atoms with van der Waals surface area (Å²) >= 11 is 0. The van der Waals surface area contributed by atoms with E-state index in [-0.39, 0.29) is 0 Å². The van der Waals surface area contributed by atoms with Crippen molar-refractivity contribution in [2.75, 3.05) is 0 Å². The van der Waals surface area contributed by atoms with Gasteiger partial charge in [0.2, 0.25) is 0 Å². The molecular weight excluding hydrogens is 182 g/mol. The lowest BCUT2D eigenvalue weighted by Crippen LogP contribution is -2.38. The van der Waals surface area contributed by atoms with Crippen molar-refractivity contribution < 1.29 is 0 Å². The van der Waals surface area contributed by atoms with E-state index >= 15 is 0 Å². The quantitative estimate of drug-likeness (QED) is 0.749. The molecule has 1 aliphatic heterocycles. The highest BCUT2D eigenvalue weighted by atomic mass is 15.0. The van der Waals surface area contributed by atoms with Crippen molar-refractivity contribution in [3.05, 3.63) is 0 Å². The van der Waals surface area contributed by atoms with E-state index in [1.165, 1.54) is 38.5 Å². The average molecular weight is 209 g/mol. The predicted octanol–water partition coefficient (Wildman–Crippen LogP) is 3.59. The first-order chi connectivity index (χ1) is 7.24. The van der Waals surface area contributed by atoms with Crippen LogP contribution in [0.5, 0.6) is 0 Å². The molecule has 1 heteroatoms. The van der Waals surface area contributed by atoms with E-state index in [9.17, 15) is 0 Å². The fraction of sp³-hybridized carbons (Fsp3) is 1.00. The van der Waals surface area contributed by atoms with E-state index in [1.54, 1.807) is 0 Å². The Hall–Kier alpha value is -0.0400. The third-order valence-corrected chi connectivity index (χ3v) is 4.81. The summed E-state index contributed by atoms with van der Waals surface area (Å²) < 4.78 is 0. The maximum Gasteiger partial charge on any atom is 0.0127 e. The lowest BCUT2D eigenvalue weighted by atomic mass is 9.73. The van der Waals surface area contributed by atoms with Crippen molar-refractivity contribution in [3.63, 3.8) is 0 Å². The van der Waals surface area contributed by atoms with Gasteiger partial charge in [0.25, 0.3) is 0 Å². The maximum absolute atomic E-state index is 3.86. The first-order valence-electron chi connectivity index (χ1n) is 7.00. The lowest BCUT2D eigenvalue weighted by Gasteiger charge is -2.33.